The molecule has 2 amide bonds. The number of hydrogen-bond acceptors (Lipinski definition) is 13. The van der Waals surface area contributed by atoms with Gasteiger partial charge in [0.05, 0.1) is 47.0 Å². The van der Waals surface area contributed by atoms with Crippen molar-refractivity contribution in [2.24, 2.45) is 0 Å². The van der Waals surface area contributed by atoms with E-state index in [0.717, 1.165) is 25.3 Å². The number of benzene rings is 2. The molecule has 2 N–H and O–H groups in total. The standard InChI is InChI=1S/C42H43F2N13O4/c1-21-47-31-13-23(44)12-28-30-10-11-45-41(49-30)48-24-15-34(39(59)52(2)19-27(61-3)20-53(21)36(28)31)55(17-24)37-29-16-46-57(32-8-4-22(43)14-35(32)58)38(29)51-42(50-37)56-26-7-9-33(56)40(60)54(18-26)25-5-6-25/h4,8,10-14,16,24-27,33-34,58H,5-7,9,15,17-20H2,1-3H3,(H,45,48,49)/t24-,26-,27-,33+,34-/m0/s1. The SMILES string of the molecule is CO[C@H]1CN(C)C(=O)[C@@H]2C[C@@H](CN2c2nc(N3[C@H]4CC[C@@H]3C(=O)N(C3CC3)C4)nc3c2cnn3-c2ccc(F)cc2O)Nc2nccc(n2)-c2cc(F)cc3nc(C)n(c23)C1. The van der Waals surface area contributed by atoms with Crippen molar-refractivity contribution >= 4 is 51.6 Å². The molecule has 3 saturated heterocycles. The monoisotopic (exact) mass is 831 g/mol. The Bertz CT molecular complexity index is 2770. The molecule has 6 bridgehead atoms. The number of nitrogens with one attached hydrogen (secondary N) is 1. The van der Waals surface area contributed by atoms with E-state index in [1.54, 1.807) is 37.5 Å². The zero-order valence-electron chi connectivity index (χ0n) is 33.7. The summed E-state index contributed by atoms with van der Waals surface area (Å²) >= 11 is 0. The van der Waals surface area contributed by atoms with Crippen molar-refractivity contribution in [3.05, 3.63) is 66.3 Å². The summed E-state index contributed by atoms with van der Waals surface area (Å²) in [5.41, 5.74) is 2.75. The summed E-state index contributed by atoms with van der Waals surface area (Å²) in [6, 6.07) is 6.94. The molecule has 6 aromatic rings. The van der Waals surface area contributed by atoms with Gasteiger partial charge in [0.15, 0.2) is 5.65 Å². The number of aromatic nitrogens is 8. The highest BCUT2D eigenvalue weighted by molar-refractivity contribution is 5.95. The molecule has 8 heterocycles. The van der Waals surface area contributed by atoms with E-state index in [2.05, 4.69) is 20.4 Å². The molecule has 0 spiro atoms. The lowest BCUT2D eigenvalue weighted by atomic mass is 10.1. The van der Waals surface area contributed by atoms with Crippen LogP contribution < -0.4 is 15.1 Å². The molecule has 17 nitrogen and oxygen atoms in total. The Morgan fingerprint density at radius 3 is 2.51 bits per heavy atom. The summed E-state index contributed by atoms with van der Waals surface area (Å²) in [5.74, 6) is 0.162. The summed E-state index contributed by atoms with van der Waals surface area (Å²) < 4.78 is 38.8. The van der Waals surface area contributed by atoms with E-state index in [-0.39, 0.29) is 54.5 Å². The van der Waals surface area contributed by atoms with Gasteiger partial charge in [0.25, 0.3) is 0 Å². The molecule has 4 aliphatic heterocycles. The number of hydrogen-bond donors (Lipinski definition) is 2. The first-order chi connectivity index (χ1) is 29.5. The molecule has 0 unspecified atom stereocenters. The Kier molecular flexibility index (Phi) is 8.63. The minimum atomic E-state index is -0.750. The number of nitrogens with zero attached hydrogens (tertiary/aromatic N) is 12. The Balaban J connectivity index is 1.04. The number of likely N-dealkylation sites (N-methyl/N-ethyl adjacent to an activating group) is 1. The highest BCUT2D eigenvalue weighted by Crippen LogP contribution is 2.42. The van der Waals surface area contributed by atoms with Crippen molar-refractivity contribution in [3.63, 3.8) is 0 Å². The second-order valence-corrected chi connectivity index (χ2v) is 16.8. The average Bonchev–Trinajstić information content (AvgIpc) is 3.54. The highest BCUT2D eigenvalue weighted by atomic mass is 19.1. The van der Waals surface area contributed by atoms with E-state index in [9.17, 15) is 19.1 Å². The predicted molar refractivity (Wildman–Crippen MR) is 219 cm³/mol. The number of phenols is 1. The minimum Gasteiger partial charge on any atom is -0.506 e. The second-order valence-electron chi connectivity index (χ2n) is 16.8. The van der Waals surface area contributed by atoms with Gasteiger partial charge in [0.1, 0.15) is 46.8 Å². The largest absolute Gasteiger partial charge is 0.506 e. The number of methoxy groups -OCH3 is 1. The van der Waals surface area contributed by atoms with Crippen LogP contribution >= 0.6 is 0 Å². The van der Waals surface area contributed by atoms with Gasteiger partial charge in [-0.1, -0.05) is 0 Å². The maximum atomic E-state index is 15.2. The van der Waals surface area contributed by atoms with E-state index in [1.165, 1.54) is 28.9 Å². The maximum Gasteiger partial charge on any atom is 0.245 e. The van der Waals surface area contributed by atoms with Crippen molar-refractivity contribution in [2.45, 2.75) is 81.9 Å². The first-order valence-corrected chi connectivity index (χ1v) is 20.7. The number of fused-ring (bicyclic) bond motifs is 8. The van der Waals surface area contributed by atoms with Crippen LogP contribution in [0.1, 0.15) is 37.9 Å². The fourth-order valence-corrected chi connectivity index (χ4v) is 9.90. The Morgan fingerprint density at radius 2 is 1.70 bits per heavy atom. The number of carbonyl (C=O) groups is 2. The first kappa shape index (κ1) is 37.5. The number of imidazole rings is 1. The summed E-state index contributed by atoms with van der Waals surface area (Å²) in [6.45, 7) is 3.25. The lowest BCUT2D eigenvalue weighted by Crippen LogP contribution is -2.58. The van der Waals surface area contributed by atoms with Gasteiger partial charge < -0.3 is 39.3 Å². The number of anilines is 3. The molecule has 4 fully saturated rings. The number of rotatable bonds is 5. The summed E-state index contributed by atoms with van der Waals surface area (Å²) in [5, 5.41) is 19.5. The predicted octanol–water partition coefficient (Wildman–Crippen LogP) is 3.80. The molecule has 61 heavy (non-hydrogen) atoms. The van der Waals surface area contributed by atoms with Crippen molar-refractivity contribution < 1.29 is 28.2 Å². The minimum absolute atomic E-state index is 0.0197. The van der Waals surface area contributed by atoms with Gasteiger partial charge >= 0.3 is 0 Å². The normalized spacial score (nSPS) is 24.2. The number of halogens is 2. The third-order valence-corrected chi connectivity index (χ3v) is 13.0. The number of amides is 2. The Labute approximate surface area is 348 Å². The highest BCUT2D eigenvalue weighted by Gasteiger charge is 2.51. The number of carbonyl (C=O) groups excluding carboxylic acids is 2. The van der Waals surface area contributed by atoms with Crippen LogP contribution in [0.15, 0.2) is 48.8 Å². The lowest BCUT2D eigenvalue weighted by molar-refractivity contribution is -0.134. The van der Waals surface area contributed by atoms with Gasteiger partial charge in [-0.05, 0) is 63.3 Å². The van der Waals surface area contributed by atoms with E-state index in [0.29, 0.717) is 82.8 Å². The molecular formula is C42H43F2N13O4. The second kappa shape index (κ2) is 14.0. The molecular weight excluding hydrogens is 789 g/mol. The number of aryl methyl sites for hydroxylation is 1. The Morgan fingerprint density at radius 1 is 0.869 bits per heavy atom. The number of piperazine rings is 1. The topological polar surface area (TPSA) is 176 Å². The van der Waals surface area contributed by atoms with Gasteiger partial charge in [0, 0.05) is 69.8 Å². The smallest absolute Gasteiger partial charge is 0.245 e. The van der Waals surface area contributed by atoms with Crippen LogP contribution in [0.3, 0.4) is 0 Å². The van der Waals surface area contributed by atoms with Crippen LogP contribution in [-0.4, -0.2) is 136 Å². The van der Waals surface area contributed by atoms with Gasteiger partial charge in [0.2, 0.25) is 23.7 Å². The van der Waals surface area contributed by atoms with Crippen LogP contribution in [0.5, 0.6) is 5.75 Å². The number of ether oxygens (including phenoxy) is 1. The lowest BCUT2D eigenvalue weighted by Gasteiger charge is -2.41. The number of phenolic OH excluding ortho intramolecular Hbond substituents is 1. The van der Waals surface area contributed by atoms with Gasteiger partial charge in [-0.3, -0.25) is 9.59 Å². The third kappa shape index (κ3) is 6.18. The zero-order chi connectivity index (χ0) is 41.8. The fourth-order valence-electron chi connectivity index (χ4n) is 9.90. The molecule has 5 aliphatic rings. The van der Waals surface area contributed by atoms with Crippen molar-refractivity contribution in [1.82, 2.24) is 49.1 Å². The molecule has 19 heteroatoms. The molecule has 5 atom stereocenters. The van der Waals surface area contributed by atoms with Crippen LogP contribution in [0.2, 0.25) is 0 Å². The number of aromatic hydroxyl groups is 1. The molecule has 11 rings (SSSR count). The van der Waals surface area contributed by atoms with Gasteiger partial charge in [-0.15, -0.1) is 0 Å². The maximum absolute atomic E-state index is 15.2. The van der Waals surface area contributed by atoms with Crippen LogP contribution in [0, 0.1) is 18.6 Å². The zero-order valence-corrected chi connectivity index (χ0v) is 33.7. The Hall–Kier alpha value is -6.50. The summed E-state index contributed by atoms with van der Waals surface area (Å²) in [4.78, 5) is 60.9. The van der Waals surface area contributed by atoms with Crippen molar-refractivity contribution in [2.75, 3.05) is 48.9 Å². The summed E-state index contributed by atoms with van der Waals surface area (Å²) in [7, 11) is 3.35. The van der Waals surface area contributed by atoms with E-state index in [1.807, 2.05) is 26.2 Å². The fraction of sp³-hybridized carbons (Fsp3) is 0.429. The number of likely N-dealkylation sites (tertiary alicyclic amines) is 1. The van der Waals surface area contributed by atoms with E-state index < -0.39 is 29.8 Å². The third-order valence-electron chi connectivity index (χ3n) is 13.0. The molecule has 4 aromatic heterocycles. The molecule has 1 aliphatic carbocycles. The molecule has 314 valence electrons. The van der Waals surface area contributed by atoms with Crippen LogP contribution in [0.4, 0.5) is 26.5 Å². The van der Waals surface area contributed by atoms with Crippen LogP contribution in [0.25, 0.3) is 39.0 Å². The van der Waals surface area contributed by atoms with Gasteiger partial charge in [-0.25, -0.2) is 28.4 Å². The molecule has 0 radical (unpaired) electrons. The van der Waals surface area contributed by atoms with E-state index >= 15 is 4.39 Å². The first-order valence-electron chi connectivity index (χ1n) is 20.7. The van der Waals surface area contributed by atoms with Gasteiger partial charge in [-0.2, -0.15) is 15.1 Å². The summed E-state index contributed by atoms with van der Waals surface area (Å²) in [6.07, 6.45) is 6.51. The average molecular weight is 832 g/mol. The van der Waals surface area contributed by atoms with Crippen LogP contribution in [-0.2, 0) is 20.9 Å². The van der Waals surface area contributed by atoms with Crippen molar-refractivity contribution in [1.29, 1.82) is 0 Å². The molecule has 1 saturated carbocycles. The van der Waals surface area contributed by atoms with Crippen molar-refractivity contribution in [3.8, 4) is 22.7 Å². The molecule has 2 aromatic carbocycles. The van der Waals surface area contributed by atoms with E-state index in [4.69, 9.17) is 19.7 Å². The quantitative estimate of drug-likeness (QED) is 0.257.